The van der Waals surface area contributed by atoms with Crippen LogP contribution in [0.5, 0.6) is 0 Å². The van der Waals surface area contributed by atoms with Crippen molar-refractivity contribution < 1.29 is 0 Å². The average Bonchev–Trinajstić information content (AvgIpc) is 2.53. The molecule has 0 bridgehead atoms. The molecule has 0 aliphatic carbocycles. The maximum Gasteiger partial charge on any atom is 0.0465 e. The summed E-state index contributed by atoms with van der Waals surface area (Å²) in [5.41, 5.74) is 5.66. The molecule has 2 rings (SSSR count). The van der Waals surface area contributed by atoms with E-state index >= 15 is 0 Å². The Morgan fingerprint density at radius 3 is 2.05 bits per heavy atom. The van der Waals surface area contributed by atoms with Crippen molar-refractivity contribution in [1.29, 1.82) is 0 Å². The SMILES string of the molecule is C=C(NC(CC)C(=C)C)c1ccc(-c2ccccc2)cc1. The first kappa shape index (κ1) is 15.1. The van der Waals surface area contributed by atoms with Gasteiger partial charge in [0, 0.05) is 11.7 Å². The second-order valence-electron chi connectivity index (χ2n) is 5.37. The molecule has 1 heteroatoms. The molecule has 1 N–H and O–H groups in total. The highest BCUT2D eigenvalue weighted by Gasteiger charge is 2.08. The fraction of sp³-hybridized carbons (Fsp3) is 0.200. The van der Waals surface area contributed by atoms with Gasteiger partial charge in [-0.3, -0.25) is 0 Å². The molecular weight excluding hydrogens is 254 g/mol. The van der Waals surface area contributed by atoms with Crippen LogP contribution in [0.2, 0.25) is 0 Å². The van der Waals surface area contributed by atoms with Crippen LogP contribution in [0.4, 0.5) is 0 Å². The Bertz CT molecular complexity index is 608. The van der Waals surface area contributed by atoms with Gasteiger partial charge in [0.15, 0.2) is 0 Å². The smallest absolute Gasteiger partial charge is 0.0465 e. The molecule has 0 spiro atoms. The lowest BCUT2D eigenvalue weighted by molar-refractivity contribution is 0.657. The summed E-state index contributed by atoms with van der Waals surface area (Å²) in [7, 11) is 0. The summed E-state index contributed by atoms with van der Waals surface area (Å²) in [6, 6.07) is 19.2. The Labute approximate surface area is 128 Å². The lowest BCUT2D eigenvalue weighted by Crippen LogP contribution is -2.27. The van der Waals surface area contributed by atoms with Crippen molar-refractivity contribution in [3.63, 3.8) is 0 Å². The maximum absolute atomic E-state index is 4.15. The Kier molecular flexibility index (Phi) is 4.99. The van der Waals surface area contributed by atoms with Gasteiger partial charge in [-0.1, -0.05) is 80.3 Å². The van der Waals surface area contributed by atoms with Crippen molar-refractivity contribution >= 4 is 5.70 Å². The third kappa shape index (κ3) is 3.85. The molecule has 0 aliphatic rings. The highest BCUT2D eigenvalue weighted by molar-refractivity contribution is 5.68. The molecule has 1 atom stereocenters. The second-order valence-corrected chi connectivity index (χ2v) is 5.37. The third-order valence-corrected chi connectivity index (χ3v) is 3.69. The zero-order valence-corrected chi connectivity index (χ0v) is 12.9. The van der Waals surface area contributed by atoms with Gasteiger partial charge in [-0.15, -0.1) is 0 Å². The van der Waals surface area contributed by atoms with Gasteiger partial charge in [-0.2, -0.15) is 0 Å². The predicted octanol–water partition coefficient (Wildman–Crippen LogP) is 5.27. The zero-order valence-electron chi connectivity index (χ0n) is 12.9. The van der Waals surface area contributed by atoms with Crippen LogP contribution in [0.15, 0.2) is 73.3 Å². The van der Waals surface area contributed by atoms with E-state index in [0.29, 0.717) is 0 Å². The van der Waals surface area contributed by atoms with Crippen LogP contribution in [0.1, 0.15) is 25.8 Å². The minimum absolute atomic E-state index is 0.284. The van der Waals surface area contributed by atoms with Crippen LogP contribution in [0, 0.1) is 0 Å². The van der Waals surface area contributed by atoms with Crippen molar-refractivity contribution in [3.05, 3.63) is 78.9 Å². The lowest BCUT2D eigenvalue weighted by atomic mass is 10.0. The molecule has 0 amide bonds. The first-order chi connectivity index (χ1) is 10.1. The fourth-order valence-corrected chi connectivity index (χ4v) is 2.36. The number of hydrogen-bond acceptors (Lipinski definition) is 1. The fourth-order valence-electron chi connectivity index (χ4n) is 2.36. The second kappa shape index (κ2) is 6.94. The molecule has 0 fully saturated rings. The van der Waals surface area contributed by atoms with Crippen LogP contribution in [-0.2, 0) is 0 Å². The van der Waals surface area contributed by atoms with Gasteiger partial charge in [-0.05, 0) is 30.0 Å². The predicted molar refractivity (Wildman–Crippen MR) is 92.9 cm³/mol. The maximum atomic E-state index is 4.15. The molecule has 0 saturated heterocycles. The van der Waals surface area contributed by atoms with Gasteiger partial charge < -0.3 is 5.32 Å². The molecule has 2 aromatic carbocycles. The first-order valence-electron chi connectivity index (χ1n) is 7.38. The Morgan fingerprint density at radius 2 is 1.52 bits per heavy atom. The van der Waals surface area contributed by atoms with Crippen molar-refractivity contribution in [2.45, 2.75) is 26.3 Å². The lowest BCUT2D eigenvalue weighted by Gasteiger charge is -2.20. The summed E-state index contributed by atoms with van der Waals surface area (Å²) >= 11 is 0. The van der Waals surface area contributed by atoms with Crippen molar-refractivity contribution in [1.82, 2.24) is 5.32 Å². The number of nitrogens with one attached hydrogen (secondary N) is 1. The van der Waals surface area contributed by atoms with E-state index in [1.165, 1.54) is 11.1 Å². The van der Waals surface area contributed by atoms with Crippen LogP contribution in [-0.4, -0.2) is 6.04 Å². The average molecular weight is 277 g/mol. The van der Waals surface area contributed by atoms with Gasteiger partial charge in [-0.25, -0.2) is 0 Å². The standard InChI is InChI=1S/C20H23N/c1-5-20(15(2)3)21-16(4)17-11-13-19(14-12-17)18-9-7-6-8-10-18/h6-14,20-21H,2,4-5H2,1,3H3. The minimum atomic E-state index is 0.284. The minimum Gasteiger partial charge on any atom is -0.379 e. The number of hydrogen-bond donors (Lipinski definition) is 1. The molecule has 0 aliphatic heterocycles. The van der Waals surface area contributed by atoms with Gasteiger partial charge >= 0.3 is 0 Å². The Balaban J connectivity index is 2.12. The van der Waals surface area contributed by atoms with E-state index in [-0.39, 0.29) is 6.04 Å². The number of benzene rings is 2. The summed E-state index contributed by atoms with van der Waals surface area (Å²) in [6.07, 6.45) is 1.01. The molecule has 0 aromatic heterocycles. The van der Waals surface area contributed by atoms with Crippen LogP contribution < -0.4 is 5.32 Å². The highest BCUT2D eigenvalue weighted by Crippen LogP contribution is 2.21. The van der Waals surface area contributed by atoms with E-state index in [0.717, 1.165) is 23.3 Å². The largest absolute Gasteiger partial charge is 0.379 e. The summed E-state index contributed by atoms with van der Waals surface area (Å²) in [5, 5.41) is 3.45. The first-order valence-corrected chi connectivity index (χ1v) is 7.38. The van der Waals surface area contributed by atoms with Gasteiger partial charge in [0.1, 0.15) is 0 Å². The van der Waals surface area contributed by atoms with E-state index in [1.807, 2.05) is 13.0 Å². The normalized spacial score (nSPS) is 11.7. The summed E-state index contributed by atoms with van der Waals surface area (Å²) < 4.78 is 0. The summed E-state index contributed by atoms with van der Waals surface area (Å²) in [4.78, 5) is 0. The summed E-state index contributed by atoms with van der Waals surface area (Å²) in [6.45, 7) is 12.4. The van der Waals surface area contributed by atoms with E-state index < -0.39 is 0 Å². The van der Waals surface area contributed by atoms with Crippen LogP contribution in [0.25, 0.3) is 16.8 Å². The van der Waals surface area contributed by atoms with Gasteiger partial charge in [0.2, 0.25) is 0 Å². The van der Waals surface area contributed by atoms with E-state index in [9.17, 15) is 0 Å². The highest BCUT2D eigenvalue weighted by atomic mass is 14.9. The molecule has 1 unspecified atom stereocenters. The van der Waals surface area contributed by atoms with Crippen LogP contribution >= 0.6 is 0 Å². The van der Waals surface area contributed by atoms with E-state index in [1.54, 1.807) is 0 Å². The topological polar surface area (TPSA) is 12.0 Å². The quantitative estimate of drug-likeness (QED) is 0.709. The molecule has 108 valence electrons. The molecular formula is C20H23N. The number of rotatable bonds is 6. The molecule has 0 saturated carbocycles. The zero-order chi connectivity index (χ0) is 15.2. The van der Waals surface area contributed by atoms with Crippen molar-refractivity contribution in [3.8, 4) is 11.1 Å². The Morgan fingerprint density at radius 1 is 0.952 bits per heavy atom. The third-order valence-electron chi connectivity index (χ3n) is 3.69. The van der Waals surface area contributed by atoms with Crippen LogP contribution in [0.3, 0.4) is 0 Å². The molecule has 2 aromatic rings. The van der Waals surface area contributed by atoms with Gasteiger partial charge in [0.05, 0.1) is 0 Å². The van der Waals surface area contributed by atoms with Gasteiger partial charge in [0.25, 0.3) is 0 Å². The summed E-state index contributed by atoms with van der Waals surface area (Å²) in [5.74, 6) is 0. The van der Waals surface area contributed by atoms with Crippen molar-refractivity contribution in [2.24, 2.45) is 0 Å². The molecule has 0 heterocycles. The monoisotopic (exact) mass is 277 g/mol. The molecule has 21 heavy (non-hydrogen) atoms. The Hall–Kier alpha value is -2.28. The van der Waals surface area contributed by atoms with E-state index in [2.05, 4.69) is 73.9 Å². The van der Waals surface area contributed by atoms with E-state index in [4.69, 9.17) is 0 Å². The van der Waals surface area contributed by atoms with Crippen molar-refractivity contribution in [2.75, 3.05) is 0 Å². The molecule has 0 radical (unpaired) electrons. The molecule has 1 nitrogen and oxygen atoms in total.